The summed E-state index contributed by atoms with van der Waals surface area (Å²) in [5.41, 5.74) is -0.393. The first-order valence-corrected chi connectivity index (χ1v) is 8.89. The summed E-state index contributed by atoms with van der Waals surface area (Å²) in [5, 5.41) is 5.13. The number of methoxy groups -OCH3 is 3. The van der Waals surface area contributed by atoms with E-state index < -0.39 is 17.8 Å². The van der Waals surface area contributed by atoms with Gasteiger partial charge in [-0.2, -0.15) is 13.2 Å². The van der Waals surface area contributed by atoms with Gasteiger partial charge in [-0.1, -0.05) is 17.9 Å². The second kappa shape index (κ2) is 10.9. The molecule has 0 atom stereocenters. The van der Waals surface area contributed by atoms with E-state index in [9.17, 15) is 18.0 Å². The van der Waals surface area contributed by atoms with Crippen LogP contribution in [0, 0.1) is 11.8 Å². The van der Waals surface area contributed by atoms with Crippen molar-refractivity contribution in [2.45, 2.75) is 6.18 Å². The summed E-state index contributed by atoms with van der Waals surface area (Å²) in [7, 11) is 4.38. The predicted octanol–water partition coefficient (Wildman–Crippen LogP) is 3.94. The van der Waals surface area contributed by atoms with Gasteiger partial charge in [-0.3, -0.25) is 0 Å². The first-order valence-electron chi connectivity index (χ1n) is 8.89. The van der Waals surface area contributed by atoms with E-state index in [1.54, 1.807) is 12.1 Å². The number of amides is 2. The van der Waals surface area contributed by atoms with Gasteiger partial charge in [-0.25, -0.2) is 4.79 Å². The summed E-state index contributed by atoms with van der Waals surface area (Å²) in [6.07, 6.45) is -4.44. The van der Waals surface area contributed by atoms with Gasteiger partial charge in [0.2, 0.25) is 5.75 Å². The van der Waals surface area contributed by atoms with Gasteiger partial charge < -0.3 is 29.6 Å². The molecule has 2 aromatic rings. The summed E-state index contributed by atoms with van der Waals surface area (Å²) >= 11 is 0. The van der Waals surface area contributed by atoms with Crippen LogP contribution in [0.15, 0.2) is 36.4 Å². The van der Waals surface area contributed by atoms with Gasteiger partial charge >= 0.3 is 12.2 Å². The fourth-order valence-electron chi connectivity index (χ4n) is 2.45. The van der Waals surface area contributed by atoms with Gasteiger partial charge in [0.25, 0.3) is 0 Å². The Labute approximate surface area is 177 Å². The maximum Gasteiger partial charge on any atom is 0.416 e. The number of ether oxygens (including phenoxy) is 4. The number of carbonyl (C=O) groups excluding carboxylic acids is 1. The molecule has 0 bridgehead atoms. The SMILES string of the molecule is COc1cc(NC(=O)NCC#CCOc2cccc(C(F)(F)F)c2)cc(OC)c1OC. The molecule has 0 aliphatic carbocycles. The molecule has 2 aromatic carbocycles. The summed E-state index contributed by atoms with van der Waals surface area (Å²) in [6.45, 7) is -0.125. The average Bonchev–Trinajstić information content (AvgIpc) is 2.74. The second-order valence-electron chi connectivity index (χ2n) is 5.89. The molecule has 31 heavy (non-hydrogen) atoms. The number of alkyl halides is 3. The van der Waals surface area contributed by atoms with Crippen LogP contribution in [0.25, 0.3) is 0 Å². The molecule has 0 heterocycles. The Kier molecular flexibility index (Phi) is 8.25. The molecule has 2 rings (SSSR count). The summed E-state index contributed by atoms with van der Waals surface area (Å²) < 4.78 is 58.8. The number of anilines is 1. The molecule has 7 nitrogen and oxygen atoms in total. The maximum atomic E-state index is 12.7. The van der Waals surface area contributed by atoms with E-state index in [-0.39, 0.29) is 18.9 Å². The third-order valence-corrected chi connectivity index (χ3v) is 3.86. The zero-order valence-corrected chi connectivity index (χ0v) is 17.1. The predicted molar refractivity (Wildman–Crippen MR) is 108 cm³/mol. The van der Waals surface area contributed by atoms with Gasteiger partial charge in [0, 0.05) is 12.1 Å². The van der Waals surface area contributed by atoms with E-state index in [2.05, 4.69) is 22.5 Å². The normalized spacial score (nSPS) is 10.4. The molecule has 0 saturated heterocycles. The lowest BCUT2D eigenvalue weighted by Crippen LogP contribution is -2.29. The van der Waals surface area contributed by atoms with Crippen LogP contribution in [0.2, 0.25) is 0 Å². The van der Waals surface area contributed by atoms with Crippen molar-refractivity contribution >= 4 is 11.7 Å². The number of hydrogen-bond acceptors (Lipinski definition) is 5. The fraction of sp³-hybridized carbons (Fsp3) is 0.286. The Hall–Kier alpha value is -3.74. The summed E-state index contributed by atoms with van der Waals surface area (Å²) in [6, 6.07) is 7.10. The van der Waals surface area contributed by atoms with E-state index in [1.165, 1.54) is 33.5 Å². The highest BCUT2D eigenvalue weighted by molar-refractivity contribution is 5.90. The molecule has 2 amide bonds. The Balaban J connectivity index is 1.84. The number of urea groups is 1. The maximum absolute atomic E-state index is 12.7. The number of carbonyl (C=O) groups is 1. The minimum Gasteiger partial charge on any atom is -0.493 e. The van der Waals surface area contributed by atoms with Gasteiger partial charge in [0.05, 0.1) is 39.1 Å². The average molecular weight is 438 g/mol. The van der Waals surface area contributed by atoms with Crippen molar-refractivity contribution in [3.05, 3.63) is 42.0 Å². The number of hydrogen-bond donors (Lipinski definition) is 2. The minimum atomic E-state index is -4.44. The standard InChI is InChI=1S/C21H21F3N2O5/c1-28-17-12-15(13-18(29-2)19(17)30-3)26-20(27)25-9-4-5-10-31-16-8-6-7-14(11-16)21(22,23)24/h6-8,11-13H,9-10H2,1-3H3,(H2,25,26,27). The number of nitrogens with one attached hydrogen (secondary N) is 2. The second-order valence-corrected chi connectivity index (χ2v) is 5.89. The van der Waals surface area contributed by atoms with Gasteiger partial charge in [-0.05, 0) is 18.2 Å². The molecule has 0 aromatic heterocycles. The van der Waals surface area contributed by atoms with Crippen LogP contribution in [0.5, 0.6) is 23.0 Å². The lowest BCUT2D eigenvalue weighted by Gasteiger charge is -2.14. The zero-order valence-electron chi connectivity index (χ0n) is 17.1. The van der Waals surface area contributed by atoms with E-state index in [0.717, 1.165) is 12.1 Å². The van der Waals surface area contributed by atoms with Crippen molar-refractivity contribution in [1.29, 1.82) is 0 Å². The Morgan fingerprint density at radius 3 is 2.26 bits per heavy atom. The lowest BCUT2D eigenvalue weighted by atomic mass is 10.2. The Morgan fingerprint density at radius 2 is 1.68 bits per heavy atom. The van der Waals surface area contributed by atoms with Gasteiger partial charge in [0.15, 0.2) is 11.5 Å². The molecule has 166 valence electrons. The molecule has 0 spiro atoms. The molecule has 2 N–H and O–H groups in total. The first kappa shape index (κ1) is 23.5. The molecule has 0 radical (unpaired) electrons. The molecule has 0 fully saturated rings. The highest BCUT2D eigenvalue weighted by Gasteiger charge is 2.30. The van der Waals surface area contributed by atoms with Gasteiger partial charge in [-0.15, -0.1) is 0 Å². The molecule has 10 heteroatoms. The first-order chi connectivity index (χ1) is 14.8. The van der Waals surface area contributed by atoms with E-state index in [4.69, 9.17) is 18.9 Å². The van der Waals surface area contributed by atoms with Crippen molar-refractivity contribution in [3.63, 3.8) is 0 Å². The Morgan fingerprint density at radius 1 is 1.00 bits per heavy atom. The highest BCUT2D eigenvalue weighted by Crippen LogP contribution is 2.39. The molecular weight excluding hydrogens is 417 g/mol. The van der Waals surface area contributed by atoms with Crippen molar-refractivity contribution in [2.24, 2.45) is 0 Å². The largest absolute Gasteiger partial charge is 0.493 e. The monoisotopic (exact) mass is 438 g/mol. The molecule has 0 saturated carbocycles. The minimum absolute atomic E-state index is 0.00219. The van der Waals surface area contributed by atoms with Crippen LogP contribution in [0.4, 0.5) is 23.7 Å². The lowest BCUT2D eigenvalue weighted by molar-refractivity contribution is -0.137. The van der Waals surface area contributed by atoms with Crippen molar-refractivity contribution in [1.82, 2.24) is 5.32 Å². The van der Waals surface area contributed by atoms with Crippen molar-refractivity contribution < 1.29 is 36.9 Å². The molecule has 0 unspecified atom stereocenters. The van der Waals surface area contributed by atoms with Crippen LogP contribution in [-0.4, -0.2) is 40.5 Å². The smallest absolute Gasteiger partial charge is 0.416 e. The highest BCUT2D eigenvalue weighted by atomic mass is 19.4. The van der Waals surface area contributed by atoms with E-state index in [1.807, 2.05) is 0 Å². The third kappa shape index (κ3) is 6.92. The van der Waals surface area contributed by atoms with Crippen molar-refractivity contribution in [3.8, 4) is 34.8 Å². The number of halogens is 3. The topological polar surface area (TPSA) is 78.1 Å². The zero-order chi connectivity index (χ0) is 22.9. The van der Waals surface area contributed by atoms with E-state index >= 15 is 0 Å². The quantitative estimate of drug-likeness (QED) is 0.641. The number of rotatable bonds is 7. The van der Waals surface area contributed by atoms with Crippen LogP contribution in [0.1, 0.15) is 5.56 Å². The van der Waals surface area contributed by atoms with E-state index in [0.29, 0.717) is 22.9 Å². The molecular formula is C21H21F3N2O5. The third-order valence-electron chi connectivity index (χ3n) is 3.86. The molecule has 0 aliphatic rings. The molecule has 0 aliphatic heterocycles. The van der Waals surface area contributed by atoms with Crippen LogP contribution < -0.4 is 29.6 Å². The van der Waals surface area contributed by atoms with Crippen molar-refractivity contribution in [2.75, 3.05) is 39.8 Å². The van der Waals surface area contributed by atoms with Crippen LogP contribution in [-0.2, 0) is 6.18 Å². The van der Waals surface area contributed by atoms with Crippen LogP contribution in [0.3, 0.4) is 0 Å². The number of benzene rings is 2. The Bertz CT molecular complexity index is 942. The van der Waals surface area contributed by atoms with Crippen LogP contribution >= 0.6 is 0 Å². The fourth-order valence-corrected chi connectivity index (χ4v) is 2.45. The van der Waals surface area contributed by atoms with Gasteiger partial charge in [0.1, 0.15) is 12.4 Å². The summed E-state index contributed by atoms with van der Waals surface area (Å²) in [5.74, 6) is 6.45. The summed E-state index contributed by atoms with van der Waals surface area (Å²) in [4.78, 5) is 12.0.